The summed E-state index contributed by atoms with van der Waals surface area (Å²) in [7, 11) is 0. The molecule has 7 heteroatoms. The maximum absolute atomic E-state index is 10.8. The second-order valence-corrected chi connectivity index (χ2v) is 3.48. The molecular weight excluding hydrogens is 218 g/mol. The highest BCUT2D eigenvalue weighted by Gasteiger charge is 2.07. The fourth-order valence-corrected chi connectivity index (χ4v) is 1.56. The van der Waals surface area contributed by atoms with Gasteiger partial charge in [-0.1, -0.05) is 0 Å². The predicted octanol–water partition coefficient (Wildman–Crippen LogP) is 1.41. The molecule has 0 atom stereocenters. The van der Waals surface area contributed by atoms with Gasteiger partial charge in [-0.2, -0.15) is 4.37 Å². The van der Waals surface area contributed by atoms with E-state index < -0.39 is 4.92 Å². The van der Waals surface area contributed by atoms with Gasteiger partial charge in [0.15, 0.2) is 5.82 Å². The van der Waals surface area contributed by atoms with Crippen molar-refractivity contribution in [3.05, 3.63) is 44.0 Å². The van der Waals surface area contributed by atoms with Crippen LogP contribution in [0.3, 0.4) is 0 Å². The number of nitrogens with one attached hydrogen (secondary N) is 1. The molecule has 1 heterocycles. The molecule has 0 saturated heterocycles. The largest absolute Gasteiger partial charge is 0.323 e. The lowest BCUT2D eigenvalue weighted by molar-refractivity contribution is -0.384. The van der Waals surface area contributed by atoms with Crippen LogP contribution in [0.2, 0.25) is 0 Å². The first-order valence-electron chi connectivity index (χ1n) is 3.97. The highest BCUT2D eigenvalue weighted by Crippen LogP contribution is 2.18. The molecule has 0 unspecified atom stereocenters. The number of rotatable bonds is 2. The summed E-state index contributed by atoms with van der Waals surface area (Å²) in [5.74, 6) is 0.430. The number of aromatic nitrogens is 2. The third kappa shape index (κ3) is 1.91. The Labute approximate surface area is 87.5 Å². The van der Waals surface area contributed by atoms with Crippen LogP contribution in [0.4, 0.5) is 5.69 Å². The lowest BCUT2D eigenvalue weighted by Crippen LogP contribution is -1.92. The molecule has 0 radical (unpaired) electrons. The summed E-state index contributed by atoms with van der Waals surface area (Å²) >= 11 is 0.815. The van der Waals surface area contributed by atoms with E-state index in [-0.39, 0.29) is 10.6 Å². The standard InChI is InChI=1S/C8H5N3O3S/c12-8-9-7(10-15-8)5-1-3-6(4-2-5)11(13)14/h1-4H,(H,9,10,12). The SMILES string of the molecule is O=c1[nH]c(-c2ccc([N+](=O)[O-])cc2)ns1. The smallest absolute Gasteiger partial charge is 0.296 e. The van der Waals surface area contributed by atoms with Gasteiger partial charge in [-0.25, -0.2) is 0 Å². The molecule has 0 aliphatic carbocycles. The molecule has 76 valence electrons. The molecule has 0 amide bonds. The van der Waals surface area contributed by atoms with Gasteiger partial charge in [-0.3, -0.25) is 19.9 Å². The second-order valence-electron chi connectivity index (χ2n) is 2.75. The lowest BCUT2D eigenvalue weighted by Gasteiger charge is -1.94. The average Bonchev–Trinajstić information content (AvgIpc) is 2.65. The van der Waals surface area contributed by atoms with E-state index in [4.69, 9.17) is 0 Å². The van der Waals surface area contributed by atoms with E-state index in [0.717, 1.165) is 11.5 Å². The molecule has 15 heavy (non-hydrogen) atoms. The van der Waals surface area contributed by atoms with Gasteiger partial charge in [-0.15, -0.1) is 0 Å². The number of aromatic amines is 1. The molecule has 2 rings (SSSR count). The molecule has 0 aliphatic heterocycles. The van der Waals surface area contributed by atoms with E-state index in [0.29, 0.717) is 11.4 Å². The van der Waals surface area contributed by atoms with Crippen molar-refractivity contribution in [3.63, 3.8) is 0 Å². The van der Waals surface area contributed by atoms with Crippen molar-refractivity contribution in [1.29, 1.82) is 0 Å². The summed E-state index contributed by atoms with van der Waals surface area (Å²) in [6.45, 7) is 0. The third-order valence-electron chi connectivity index (χ3n) is 1.79. The topological polar surface area (TPSA) is 88.9 Å². The van der Waals surface area contributed by atoms with Crippen molar-refractivity contribution in [2.75, 3.05) is 0 Å². The first-order valence-corrected chi connectivity index (χ1v) is 4.75. The second kappa shape index (κ2) is 3.62. The Kier molecular flexibility index (Phi) is 2.30. The van der Waals surface area contributed by atoms with E-state index in [9.17, 15) is 14.9 Å². The predicted molar refractivity (Wildman–Crippen MR) is 54.8 cm³/mol. The Bertz CT molecular complexity index is 543. The normalized spacial score (nSPS) is 10.1. The van der Waals surface area contributed by atoms with Crippen molar-refractivity contribution >= 4 is 17.2 Å². The fourth-order valence-electron chi connectivity index (χ4n) is 1.10. The van der Waals surface area contributed by atoms with Crippen LogP contribution in [0.15, 0.2) is 29.1 Å². The quantitative estimate of drug-likeness (QED) is 0.615. The van der Waals surface area contributed by atoms with E-state index in [1.54, 1.807) is 12.1 Å². The summed E-state index contributed by atoms with van der Waals surface area (Å²) < 4.78 is 3.86. The van der Waals surface area contributed by atoms with Crippen LogP contribution in [0.1, 0.15) is 0 Å². The van der Waals surface area contributed by atoms with Crippen molar-refractivity contribution in [2.24, 2.45) is 0 Å². The van der Waals surface area contributed by atoms with Crippen LogP contribution in [0.5, 0.6) is 0 Å². The Morgan fingerprint density at radius 2 is 2.00 bits per heavy atom. The summed E-state index contributed by atoms with van der Waals surface area (Å²) in [5.41, 5.74) is 0.662. The number of hydrogen-bond donors (Lipinski definition) is 1. The van der Waals surface area contributed by atoms with Crippen LogP contribution < -0.4 is 4.87 Å². The minimum absolute atomic E-state index is 0.0105. The number of hydrogen-bond acceptors (Lipinski definition) is 5. The molecular formula is C8H5N3O3S. The minimum atomic E-state index is -0.479. The highest BCUT2D eigenvalue weighted by molar-refractivity contribution is 7.03. The van der Waals surface area contributed by atoms with Crippen LogP contribution in [0, 0.1) is 10.1 Å². The van der Waals surface area contributed by atoms with E-state index >= 15 is 0 Å². The van der Waals surface area contributed by atoms with Gasteiger partial charge in [-0.05, 0) is 12.1 Å². The van der Waals surface area contributed by atoms with Gasteiger partial charge in [0.1, 0.15) is 0 Å². The van der Waals surface area contributed by atoms with Gasteiger partial charge < -0.3 is 0 Å². The van der Waals surface area contributed by atoms with Gasteiger partial charge in [0.25, 0.3) is 5.69 Å². The first kappa shape index (κ1) is 9.53. The van der Waals surface area contributed by atoms with Gasteiger partial charge in [0, 0.05) is 29.2 Å². The van der Waals surface area contributed by atoms with Gasteiger partial charge in [0.2, 0.25) is 0 Å². The summed E-state index contributed by atoms with van der Waals surface area (Å²) in [6.07, 6.45) is 0. The maximum atomic E-state index is 10.8. The summed E-state index contributed by atoms with van der Waals surface area (Å²) in [4.78, 5) is 23.0. The Morgan fingerprint density at radius 3 is 2.47 bits per heavy atom. The fraction of sp³-hybridized carbons (Fsp3) is 0. The zero-order valence-electron chi connectivity index (χ0n) is 7.34. The Hall–Kier alpha value is -2.02. The molecule has 0 fully saturated rings. The van der Waals surface area contributed by atoms with E-state index in [2.05, 4.69) is 9.36 Å². The van der Waals surface area contributed by atoms with Crippen molar-refractivity contribution in [1.82, 2.24) is 9.36 Å². The zero-order chi connectivity index (χ0) is 10.8. The monoisotopic (exact) mass is 223 g/mol. The maximum Gasteiger partial charge on any atom is 0.323 e. The number of nitrogens with zero attached hydrogens (tertiary/aromatic N) is 2. The number of non-ortho nitro benzene ring substituents is 1. The molecule has 1 aromatic heterocycles. The Morgan fingerprint density at radius 1 is 1.33 bits per heavy atom. The number of H-pyrrole nitrogens is 1. The van der Waals surface area contributed by atoms with Gasteiger partial charge in [0.05, 0.1) is 4.92 Å². The highest BCUT2D eigenvalue weighted by atomic mass is 32.1. The van der Waals surface area contributed by atoms with Crippen LogP contribution in [-0.4, -0.2) is 14.3 Å². The van der Waals surface area contributed by atoms with Crippen molar-refractivity contribution in [2.45, 2.75) is 0 Å². The average molecular weight is 223 g/mol. The van der Waals surface area contributed by atoms with Crippen molar-refractivity contribution in [3.8, 4) is 11.4 Å². The molecule has 1 aromatic carbocycles. The van der Waals surface area contributed by atoms with E-state index in [1.807, 2.05) is 0 Å². The molecule has 0 spiro atoms. The molecule has 0 aliphatic rings. The minimum Gasteiger partial charge on any atom is -0.296 e. The Balaban J connectivity index is 2.39. The molecule has 6 nitrogen and oxygen atoms in total. The molecule has 1 N–H and O–H groups in total. The zero-order valence-corrected chi connectivity index (χ0v) is 8.15. The third-order valence-corrected chi connectivity index (χ3v) is 2.33. The number of nitro groups is 1. The van der Waals surface area contributed by atoms with Crippen LogP contribution in [-0.2, 0) is 0 Å². The van der Waals surface area contributed by atoms with Crippen molar-refractivity contribution < 1.29 is 4.92 Å². The first-order chi connectivity index (χ1) is 7.16. The number of benzene rings is 1. The summed E-state index contributed by atoms with van der Waals surface area (Å²) in [6, 6.07) is 5.83. The number of nitro benzene ring substituents is 1. The van der Waals surface area contributed by atoms with E-state index in [1.165, 1.54) is 12.1 Å². The molecule has 2 aromatic rings. The molecule has 0 bridgehead atoms. The summed E-state index contributed by atoms with van der Waals surface area (Å²) in [5, 5.41) is 10.4. The van der Waals surface area contributed by atoms with Crippen LogP contribution >= 0.6 is 11.5 Å². The molecule has 0 saturated carbocycles. The lowest BCUT2D eigenvalue weighted by atomic mass is 10.2. The van der Waals surface area contributed by atoms with Gasteiger partial charge >= 0.3 is 4.87 Å². The van der Waals surface area contributed by atoms with Crippen LogP contribution in [0.25, 0.3) is 11.4 Å².